The Labute approximate surface area is 98.0 Å². The molecule has 0 aromatic carbocycles. The zero-order valence-corrected chi connectivity index (χ0v) is 13.6. The van der Waals surface area contributed by atoms with Crippen LogP contribution in [-0.4, -0.2) is 11.2 Å². The summed E-state index contributed by atoms with van der Waals surface area (Å²) in [6.45, 7) is 12.0. The fourth-order valence-electron chi connectivity index (χ4n) is 0.792. The van der Waals surface area contributed by atoms with Gasteiger partial charge >= 0.3 is 98.0 Å². The van der Waals surface area contributed by atoms with Crippen LogP contribution in [0.15, 0.2) is 0 Å². The Morgan fingerprint density at radius 1 is 1.00 bits per heavy atom. The second-order valence-electron chi connectivity index (χ2n) is 5.03. The fraction of sp³-hybridized carbons (Fsp3) is 0.800. The molecule has 0 atom stereocenters. The quantitative estimate of drug-likeness (QED) is 0.534. The van der Waals surface area contributed by atoms with Gasteiger partial charge in [-0.15, -0.1) is 0 Å². The van der Waals surface area contributed by atoms with Crippen LogP contribution < -0.4 is 0 Å². The normalized spacial score (nSPS) is 13.8. The van der Waals surface area contributed by atoms with Gasteiger partial charge in [-0.3, -0.25) is 0 Å². The molecule has 0 aromatic heterocycles. The number of terminal acetylenes is 1. The zero-order chi connectivity index (χ0) is 11.6. The zero-order valence-electron chi connectivity index (χ0n) is 9.75. The van der Waals surface area contributed by atoms with Crippen LogP contribution in [0.1, 0.15) is 41.5 Å². The third-order valence-corrected chi connectivity index (χ3v) is 5.58. The van der Waals surface area contributed by atoms with Gasteiger partial charge in [0.05, 0.1) is 0 Å². The Morgan fingerprint density at radius 2 is 1.29 bits per heavy atom. The van der Waals surface area contributed by atoms with Crippen LogP contribution >= 0.6 is 5.35 Å². The molecule has 0 amide bonds. The van der Waals surface area contributed by atoms with E-state index in [-0.39, 0.29) is 11.2 Å². The van der Waals surface area contributed by atoms with Gasteiger partial charge < -0.3 is 0 Å². The molecular formula is C10H19O2PW. The van der Waals surface area contributed by atoms with Crippen LogP contribution in [0.25, 0.3) is 0 Å². The Kier molecular flexibility index (Phi) is 4.82. The Hall–Kier alpha value is 0.598. The summed E-state index contributed by atoms with van der Waals surface area (Å²) in [4.78, 5) is 0. The first kappa shape index (κ1) is 14.6. The second kappa shape index (κ2) is 4.63. The maximum absolute atomic E-state index is 5.84. The van der Waals surface area contributed by atoms with Crippen molar-refractivity contribution in [3.63, 3.8) is 0 Å². The van der Waals surface area contributed by atoms with Crippen LogP contribution in [0.4, 0.5) is 0 Å². The molecule has 0 heterocycles. The molecule has 0 aliphatic rings. The molecule has 0 aliphatic heterocycles. The second-order valence-corrected chi connectivity index (χ2v) is 11.8. The van der Waals surface area contributed by atoms with Crippen molar-refractivity contribution in [2.45, 2.75) is 52.7 Å². The van der Waals surface area contributed by atoms with E-state index in [1.807, 2.05) is 41.5 Å². The standard InChI is InChI=1S/C10H19O2P.W/c1-8-13(11-9(2,3)4)12-10(5,6)7;/h1H,2-7H3;. The summed E-state index contributed by atoms with van der Waals surface area (Å²) in [5.74, 6) is 0. The molecule has 82 valence electrons. The molecule has 0 aromatic rings. The summed E-state index contributed by atoms with van der Waals surface area (Å²) >= 11 is 1.21. The van der Waals surface area contributed by atoms with E-state index in [0.717, 1.165) is 0 Å². The van der Waals surface area contributed by atoms with Gasteiger partial charge in [0, 0.05) is 0 Å². The van der Waals surface area contributed by atoms with Gasteiger partial charge in [-0.1, -0.05) is 0 Å². The van der Waals surface area contributed by atoms with E-state index in [4.69, 9.17) is 15.5 Å². The Balaban J connectivity index is 4.70. The van der Waals surface area contributed by atoms with Gasteiger partial charge in [0.1, 0.15) is 0 Å². The molecule has 0 fully saturated rings. The van der Waals surface area contributed by atoms with Gasteiger partial charge in [-0.2, -0.15) is 0 Å². The summed E-state index contributed by atoms with van der Waals surface area (Å²) in [6, 6.07) is 0. The average Bonchev–Trinajstić information content (AvgIpc) is 1.78. The Morgan fingerprint density at radius 3 is 1.43 bits per heavy atom. The van der Waals surface area contributed by atoms with Gasteiger partial charge in [0.25, 0.3) is 0 Å². The minimum absolute atomic E-state index is 0.243. The first-order valence-electron chi connectivity index (χ1n) is 4.47. The topological polar surface area (TPSA) is 18.5 Å². The van der Waals surface area contributed by atoms with Gasteiger partial charge in [0.15, 0.2) is 0 Å². The fourth-order valence-corrected chi connectivity index (χ4v) is 7.20. The summed E-state index contributed by atoms with van der Waals surface area (Å²) in [5.41, 5.74) is 2.21. The molecule has 0 rings (SSSR count). The van der Waals surface area contributed by atoms with Crippen LogP contribution in [0.3, 0.4) is 0 Å². The molecule has 0 aliphatic carbocycles. The van der Waals surface area contributed by atoms with Crippen molar-refractivity contribution < 1.29 is 27.9 Å². The van der Waals surface area contributed by atoms with Crippen molar-refractivity contribution in [3.8, 4) is 12.1 Å². The van der Waals surface area contributed by atoms with E-state index in [0.29, 0.717) is 0 Å². The third-order valence-electron chi connectivity index (χ3n) is 0.946. The van der Waals surface area contributed by atoms with E-state index < -0.39 is 5.35 Å². The summed E-state index contributed by atoms with van der Waals surface area (Å²) in [6.07, 6.45) is 5.49. The van der Waals surface area contributed by atoms with E-state index in [1.54, 1.807) is 0 Å². The summed E-state index contributed by atoms with van der Waals surface area (Å²) < 4.78 is 11.7. The van der Waals surface area contributed by atoms with Gasteiger partial charge in [0.2, 0.25) is 0 Å². The van der Waals surface area contributed by atoms with Crippen molar-refractivity contribution in [1.82, 2.24) is 0 Å². The van der Waals surface area contributed by atoms with Gasteiger partial charge in [-0.05, 0) is 0 Å². The molecule has 0 spiro atoms. The summed E-state index contributed by atoms with van der Waals surface area (Å²) in [7, 11) is 0. The van der Waals surface area contributed by atoms with Gasteiger partial charge in [-0.25, -0.2) is 0 Å². The first-order valence-corrected chi connectivity index (χ1v) is 9.95. The van der Waals surface area contributed by atoms with E-state index in [2.05, 4.69) is 5.66 Å². The summed E-state index contributed by atoms with van der Waals surface area (Å²) in [5, 5.41) is -2.08. The van der Waals surface area contributed by atoms with Crippen molar-refractivity contribution in [2.75, 3.05) is 0 Å². The maximum atomic E-state index is 5.84. The molecule has 2 nitrogen and oxygen atoms in total. The molecule has 4 heteroatoms. The number of hydrogen-bond acceptors (Lipinski definition) is 2. The van der Waals surface area contributed by atoms with Crippen LogP contribution in [0.2, 0.25) is 0 Å². The predicted octanol–water partition coefficient (Wildman–Crippen LogP) is 3.52. The molecule has 0 unspecified atom stereocenters. The molecule has 0 N–H and O–H groups in total. The van der Waals surface area contributed by atoms with E-state index in [9.17, 15) is 0 Å². The van der Waals surface area contributed by atoms with Crippen molar-refractivity contribution in [3.05, 3.63) is 0 Å². The Bertz CT molecular complexity index is 258. The third kappa shape index (κ3) is 6.97. The monoisotopic (exact) mass is 386 g/mol. The molecule has 0 bridgehead atoms. The number of rotatable bonds is 2. The van der Waals surface area contributed by atoms with E-state index in [1.165, 1.54) is 18.8 Å². The van der Waals surface area contributed by atoms with Crippen molar-refractivity contribution in [2.24, 2.45) is 0 Å². The predicted molar refractivity (Wildman–Crippen MR) is 57.4 cm³/mol. The molecule has 0 saturated heterocycles. The van der Waals surface area contributed by atoms with Crippen LogP contribution in [0, 0.1) is 12.1 Å². The molecule has 0 radical (unpaired) electrons. The minimum atomic E-state index is -2.08. The van der Waals surface area contributed by atoms with Crippen molar-refractivity contribution in [1.29, 1.82) is 0 Å². The van der Waals surface area contributed by atoms with E-state index >= 15 is 0 Å². The van der Waals surface area contributed by atoms with Crippen LogP contribution in [0.5, 0.6) is 0 Å². The molecular weight excluding hydrogens is 367 g/mol. The number of hydrogen-bond donors (Lipinski definition) is 0. The van der Waals surface area contributed by atoms with Crippen molar-refractivity contribution >= 4 is 5.35 Å². The first-order chi connectivity index (χ1) is 5.97. The molecule has 14 heavy (non-hydrogen) atoms. The average molecular weight is 386 g/mol. The SMILES string of the molecule is C#C[P](=[W])(OC(C)(C)C)OC(C)(C)C. The van der Waals surface area contributed by atoms with Crippen LogP contribution in [-0.2, 0) is 27.9 Å². The molecule has 0 saturated carbocycles.